The van der Waals surface area contributed by atoms with Crippen molar-refractivity contribution in [1.82, 2.24) is 9.97 Å². The van der Waals surface area contributed by atoms with Crippen molar-refractivity contribution in [3.05, 3.63) is 46.9 Å². The fourth-order valence-electron chi connectivity index (χ4n) is 2.28. The molecule has 1 aromatic heterocycles. The zero-order chi connectivity index (χ0) is 14.1. The summed E-state index contributed by atoms with van der Waals surface area (Å²) in [5, 5.41) is 3.89. The molecule has 3 nitrogen and oxygen atoms in total. The summed E-state index contributed by atoms with van der Waals surface area (Å²) in [7, 11) is 0. The second kappa shape index (κ2) is 5.41. The Bertz CT molecular complexity index is 621. The van der Waals surface area contributed by atoms with Crippen LogP contribution in [0.1, 0.15) is 49.9 Å². The summed E-state index contributed by atoms with van der Waals surface area (Å²) in [6.07, 6.45) is 2.34. The molecule has 0 unspecified atom stereocenters. The number of nitrogens with zero attached hydrogens (tertiary/aromatic N) is 2. The molecule has 0 saturated heterocycles. The van der Waals surface area contributed by atoms with Gasteiger partial charge in [0.2, 0.25) is 0 Å². The summed E-state index contributed by atoms with van der Waals surface area (Å²) in [6, 6.07) is 10.1. The molecular weight excluding hydrogens is 270 g/mol. The van der Waals surface area contributed by atoms with Crippen LogP contribution in [-0.2, 0) is 0 Å². The number of anilines is 2. The van der Waals surface area contributed by atoms with Crippen LogP contribution in [0.15, 0.2) is 30.3 Å². The number of nitrogens with one attached hydrogen (secondary N) is 1. The van der Waals surface area contributed by atoms with Crippen LogP contribution in [0, 0.1) is 0 Å². The lowest BCUT2D eigenvalue weighted by Gasteiger charge is -2.14. The summed E-state index contributed by atoms with van der Waals surface area (Å²) < 4.78 is 0. The molecule has 4 heteroatoms. The Balaban J connectivity index is 1.91. The van der Waals surface area contributed by atoms with E-state index in [1.54, 1.807) is 6.07 Å². The molecule has 0 atom stereocenters. The van der Waals surface area contributed by atoms with Crippen LogP contribution in [0.3, 0.4) is 0 Å². The van der Waals surface area contributed by atoms with Gasteiger partial charge in [-0.05, 0) is 30.4 Å². The normalized spacial score (nSPS) is 14.6. The minimum atomic E-state index is 0.457. The first-order valence-corrected chi connectivity index (χ1v) is 7.41. The predicted octanol–water partition coefficient (Wildman–Crippen LogP) is 4.87. The standard InChI is InChI=1S/C16H18ClN3/c1-10(2)12-5-3-4-6-13(12)18-15-9-14(17)19-16(20-15)11-7-8-11/h3-6,9-11H,7-8H2,1-2H3,(H,18,19,20). The number of rotatable bonds is 4. The number of halogens is 1. The van der Waals surface area contributed by atoms with Crippen LogP contribution in [0.5, 0.6) is 0 Å². The van der Waals surface area contributed by atoms with E-state index in [1.165, 1.54) is 18.4 Å². The zero-order valence-corrected chi connectivity index (χ0v) is 12.5. The van der Waals surface area contributed by atoms with E-state index in [4.69, 9.17) is 11.6 Å². The second-order valence-corrected chi connectivity index (χ2v) is 5.96. The molecular formula is C16H18ClN3. The highest BCUT2D eigenvalue weighted by Crippen LogP contribution is 2.39. The highest BCUT2D eigenvalue weighted by molar-refractivity contribution is 6.29. The van der Waals surface area contributed by atoms with Gasteiger partial charge in [0.1, 0.15) is 16.8 Å². The molecule has 1 aromatic carbocycles. The van der Waals surface area contributed by atoms with Crippen molar-refractivity contribution in [3.8, 4) is 0 Å². The number of para-hydroxylation sites is 1. The SMILES string of the molecule is CC(C)c1ccccc1Nc1cc(Cl)nc(C2CC2)n1. The largest absolute Gasteiger partial charge is 0.340 e. The van der Waals surface area contributed by atoms with Crippen LogP contribution >= 0.6 is 11.6 Å². The molecule has 1 aliphatic rings. The minimum absolute atomic E-state index is 0.457. The van der Waals surface area contributed by atoms with Gasteiger partial charge in [-0.2, -0.15) is 0 Å². The monoisotopic (exact) mass is 287 g/mol. The van der Waals surface area contributed by atoms with Gasteiger partial charge in [-0.3, -0.25) is 0 Å². The van der Waals surface area contributed by atoms with Crippen LogP contribution in [0.2, 0.25) is 5.15 Å². The fraction of sp³-hybridized carbons (Fsp3) is 0.375. The molecule has 1 heterocycles. The van der Waals surface area contributed by atoms with Gasteiger partial charge >= 0.3 is 0 Å². The van der Waals surface area contributed by atoms with Crippen molar-refractivity contribution < 1.29 is 0 Å². The molecule has 0 amide bonds. The lowest BCUT2D eigenvalue weighted by molar-refractivity contribution is 0.868. The first-order chi connectivity index (χ1) is 9.63. The van der Waals surface area contributed by atoms with Crippen LogP contribution < -0.4 is 5.32 Å². The van der Waals surface area contributed by atoms with Gasteiger partial charge in [0, 0.05) is 17.7 Å². The summed E-state index contributed by atoms with van der Waals surface area (Å²) in [4.78, 5) is 8.89. The van der Waals surface area contributed by atoms with E-state index in [0.29, 0.717) is 17.0 Å². The number of benzene rings is 1. The Labute approximate surface area is 124 Å². The van der Waals surface area contributed by atoms with Gasteiger partial charge in [-0.15, -0.1) is 0 Å². The average molecular weight is 288 g/mol. The quantitative estimate of drug-likeness (QED) is 0.815. The van der Waals surface area contributed by atoms with Crippen molar-refractivity contribution in [1.29, 1.82) is 0 Å². The molecule has 0 spiro atoms. The third kappa shape index (κ3) is 2.93. The maximum atomic E-state index is 6.10. The molecule has 0 bridgehead atoms. The van der Waals surface area contributed by atoms with E-state index in [2.05, 4.69) is 47.3 Å². The maximum Gasteiger partial charge on any atom is 0.135 e. The smallest absolute Gasteiger partial charge is 0.135 e. The molecule has 3 rings (SSSR count). The van der Waals surface area contributed by atoms with Gasteiger partial charge in [0.15, 0.2) is 0 Å². The Morgan fingerprint density at radius 2 is 1.95 bits per heavy atom. The first-order valence-electron chi connectivity index (χ1n) is 7.04. The van der Waals surface area contributed by atoms with Crippen molar-refractivity contribution in [2.24, 2.45) is 0 Å². The minimum Gasteiger partial charge on any atom is -0.340 e. The fourth-order valence-corrected chi connectivity index (χ4v) is 2.47. The highest BCUT2D eigenvalue weighted by atomic mass is 35.5. The van der Waals surface area contributed by atoms with E-state index in [-0.39, 0.29) is 0 Å². The zero-order valence-electron chi connectivity index (χ0n) is 11.7. The summed E-state index contributed by atoms with van der Waals surface area (Å²) in [5.74, 6) is 2.59. The van der Waals surface area contributed by atoms with Gasteiger partial charge in [-0.1, -0.05) is 43.6 Å². The van der Waals surface area contributed by atoms with Gasteiger partial charge < -0.3 is 5.32 Å². The maximum absolute atomic E-state index is 6.10. The molecule has 20 heavy (non-hydrogen) atoms. The molecule has 1 saturated carbocycles. The summed E-state index contributed by atoms with van der Waals surface area (Å²) in [5.41, 5.74) is 2.36. The molecule has 104 valence electrons. The first kappa shape index (κ1) is 13.4. The van der Waals surface area contributed by atoms with Crippen LogP contribution in [0.4, 0.5) is 11.5 Å². The number of hydrogen-bond donors (Lipinski definition) is 1. The molecule has 1 fully saturated rings. The Kier molecular flexibility index (Phi) is 3.62. The number of hydrogen-bond acceptors (Lipinski definition) is 3. The molecule has 0 aliphatic heterocycles. The highest BCUT2D eigenvalue weighted by Gasteiger charge is 2.27. The van der Waals surface area contributed by atoms with E-state index in [9.17, 15) is 0 Å². The van der Waals surface area contributed by atoms with Gasteiger partial charge in [0.25, 0.3) is 0 Å². The van der Waals surface area contributed by atoms with Crippen molar-refractivity contribution in [3.63, 3.8) is 0 Å². The Morgan fingerprint density at radius 1 is 1.20 bits per heavy atom. The number of aromatic nitrogens is 2. The van der Waals surface area contributed by atoms with Gasteiger partial charge in [0.05, 0.1) is 0 Å². The van der Waals surface area contributed by atoms with Crippen molar-refractivity contribution >= 4 is 23.1 Å². The molecule has 1 aliphatic carbocycles. The van der Waals surface area contributed by atoms with E-state index in [0.717, 1.165) is 17.3 Å². The third-order valence-electron chi connectivity index (χ3n) is 3.50. The average Bonchev–Trinajstić information content (AvgIpc) is 3.22. The Morgan fingerprint density at radius 3 is 2.65 bits per heavy atom. The van der Waals surface area contributed by atoms with Crippen LogP contribution in [0.25, 0.3) is 0 Å². The van der Waals surface area contributed by atoms with Crippen LogP contribution in [-0.4, -0.2) is 9.97 Å². The summed E-state index contributed by atoms with van der Waals surface area (Å²) >= 11 is 6.10. The topological polar surface area (TPSA) is 37.8 Å². The predicted molar refractivity (Wildman–Crippen MR) is 82.8 cm³/mol. The summed E-state index contributed by atoms with van der Waals surface area (Å²) in [6.45, 7) is 4.37. The molecule has 0 radical (unpaired) electrons. The van der Waals surface area contributed by atoms with E-state index >= 15 is 0 Å². The van der Waals surface area contributed by atoms with E-state index in [1.807, 2.05) is 6.07 Å². The molecule has 2 aromatic rings. The second-order valence-electron chi connectivity index (χ2n) is 5.58. The van der Waals surface area contributed by atoms with Crippen molar-refractivity contribution in [2.45, 2.75) is 38.5 Å². The lowest BCUT2D eigenvalue weighted by Crippen LogP contribution is -2.02. The van der Waals surface area contributed by atoms with Crippen molar-refractivity contribution in [2.75, 3.05) is 5.32 Å². The Hall–Kier alpha value is -1.61. The van der Waals surface area contributed by atoms with E-state index < -0.39 is 0 Å². The third-order valence-corrected chi connectivity index (χ3v) is 3.69. The lowest BCUT2D eigenvalue weighted by atomic mass is 10.0. The molecule has 1 N–H and O–H groups in total. The van der Waals surface area contributed by atoms with Gasteiger partial charge in [-0.25, -0.2) is 9.97 Å².